The lowest BCUT2D eigenvalue weighted by Crippen LogP contribution is -1.89. The maximum atomic E-state index is 10.6. The molecule has 0 aliphatic carbocycles. The number of azo groups is 1. The first-order valence-corrected chi connectivity index (χ1v) is 6.02. The van der Waals surface area contributed by atoms with Crippen LogP contribution in [0.4, 0.5) is 17.1 Å². The van der Waals surface area contributed by atoms with Crippen LogP contribution in [0.25, 0.3) is 0 Å². The van der Waals surface area contributed by atoms with Crippen molar-refractivity contribution in [3.63, 3.8) is 0 Å². The van der Waals surface area contributed by atoms with Crippen LogP contribution < -0.4 is 0 Å². The summed E-state index contributed by atoms with van der Waals surface area (Å²) in [6, 6.07) is 13.5. The summed E-state index contributed by atoms with van der Waals surface area (Å²) in [5, 5.41) is 18.9. The second-order valence-corrected chi connectivity index (χ2v) is 4.27. The predicted octanol–water partition coefficient (Wildman–Crippen LogP) is 4.14. The highest BCUT2D eigenvalue weighted by Crippen LogP contribution is 2.33. The summed E-state index contributed by atoms with van der Waals surface area (Å²) >= 11 is 0. The summed E-state index contributed by atoms with van der Waals surface area (Å²) in [7, 11) is 0. The summed E-state index contributed by atoms with van der Waals surface area (Å²) in [6.45, 7) is 0. The fraction of sp³-hybridized carbons (Fsp3) is 0.0714. The molecule has 0 saturated carbocycles. The van der Waals surface area contributed by atoms with Gasteiger partial charge in [0.25, 0.3) is 5.69 Å². The van der Waals surface area contributed by atoms with Gasteiger partial charge in [-0.05, 0) is 18.2 Å². The van der Waals surface area contributed by atoms with Crippen molar-refractivity contribution < 1.29 is 4.92 Å². The lowest BCUT2D eigenvalue weighted by Gasteiger charge is -2.01. The average molecular weight is 266 g/mol. The molecule has 1 aliphatic rings. The van der Waals surface area contributed by atoms with E-state index in [0.717, 1.165) is 11.3 Å². The van der Waals surface area contributed by atoms with Gasteiger partial charge in [0, 0.05) is 23.9 Å². The van der Waals surface area contributed by atoms with E-state index in [2.05, 4.69) is 15.2 Å². The molecule has 1 heterocycles. The molecule has 0 bridgehead atoms. The van der Waals surface area contributed by atoms with Crippen molar-refractivity contribution in [3.8, 4) is 0 Å². The summed E-state index contributed by atoms with van der Waals surface area (Å²) in [6.07, 6.45) is 1.74. The molecule has 1 atom stereocenters. The van der Waals surface area contributed by atoms with Crippen molar-refractivity contribution in [2.45, 2.75) is 6.04 Å². The molecule has 0 aromatic heterocycles. The minimum atomic E-state index is -0.444. The van der Waals surface area contributed by atoms with Gasteiger partial charge in [-0.1, -0.05) is 18.2 Å². The fourth-order valence-corrected chi connectivity index (χ4v) is 1.95. The molecule has 3 rings (SSSR count). The smallest absolute Gasteiger partial charge is 0.258 e. The van der Waals surface area contributed by atoms with Crippen molar-refractivity contribution in [3.05, 3.63) is 64.2 Å². The largest absolute Gasteiger partial charge is 0.269 e. The number of nitrogens with zero attached hydrogens (tertiary/aromatic N) is 4. The van der Waals surface area contributed by atoms with Crippen LogP contribution in [0.1, 0.15) is 11.6 Å². The molecule has 6 nitrogen and oxygen atoms in total. The van der Waals surface area contributed by atoms with Crippen molar-refractivity contribution >= 4 is 23.3 Å². The summed E-state index contributed by atoms with van der Waals surface area (Å²) in [4.78, 5) is 14.4. The van der Waals surface area contributed by atoms with Gasteiger partial charge >= 0.3 is 0 Å². The number of rotatable bonds is 3. The van der Waals surface area contributed by atoms with E-state index in [0.29, 0.717) is 5.69 Å². The Balaban J connectivity index is 1.79. The third-order valence-corrected chi connectivity index (χ3v) is 2.97. The average Bonchev–Trinajstić information content (AvgIpc) is 2.89. The van der Waals surface area contributed by atoms with Crippen molar-refractivity contribution in [1.29, 1.82) is 0 Å². The van der Waals surface area contributed by atoms with Crippen molar-refractivity contribution in [2.24, 2.45) is 15.2 Å². The number of non-ortho nitro benzene ring substituents is 1. The minimum Gasteiger partial charge on any atom is -0.258 e. The molecule has 6 heteroatoms. The fourth-order valence-electron chi connectivity index (χ4n) is 1.95. The Hall–Kier alpha value is -2.89. The summed E-state index contributed by atoms with van der Waals surface area (Å²) in [5.74, 6) is 0. The Kier molecular flexibility index (Phi) is 3.04. The zero-order chi connectivity index (χ0) is 13.9. The maximum absolute atomic E-state index is 10.6. The number of hydrogen-bond acceptors (Lipinski definition) is 5. The number of nitro groups is 1. The van der Waals surface area contributed by atoms with E-state index in [-0.39, 0.29) is 11.7 Å². The lowest BCUT2D eigenvalue weighted by atomic mass is 10.1. The molecule has 0 fully saturated rings. The molecule has 0 spiro atoms. The molecule has 0 amide bonds. The van der Waals surface area contributed by atoms with Crippen LogP contribution in [0.3, 0.4) is 0 Å². The highest BCUT2D eigenvalue weighted by atomic mass is 16.6. The van der Waals surface area contributed by atoms with Crippen LogP contribution in [0.2, 0.25) is 0 Å². The Morgan fingerprint density at radius 1 is 1.10 bits per heavy atom. The van der Waals surface area contributed by atoms with Crippen LogP contribution in [-0.2, 0) is 0 Å². The van der Waals surface area contributed by atoms with Crippen LogP contribution >= 0.6 is 0 Å². The third kappa shape index (κ3) is 2.31. The molecule has 0 N–H and O–H groups in total. The van der Waals surface area contributed by atoms with Gasteiger partial charge in [-0.3, -0.25) is 15.1 Å². The van der Waals surface area contributed by atoms with E-state index in [1.54, 1.807) is 18.3 Å². The topological polar surface area (TPSA) is 80.2 Å². The van der Waals surface area contributed by atoms with Gasteiger partial charge in [0.15, 0.2) is 0 Å². The molecule has 20 heavy (non-hydrogen) atoms. The molecular formula is C14H10N4O2. The quantitative estimate of drug-likeness (QED) is 0.475. The predicted molar refractivity (Wildman–Crippen MR) is 74.9 cm³/mol. The molecule has 98 valence electrons. The Morgan fingerprint density at radius 2 is 1.85 bits per heavy atom. The molecule has 2 aromatic carbocycles. The molecular weight excluding hydrogens is 256 g/mol. The standard InChI is InChI=1S/C14H10N4O2/c19-18(20)11-7-5-10(6-8-11)16-17-14-9-15-13-4-2-1-3-12(13)14/h1-9,14H. The molecule has 0 saturated heterocycles. The van der Waals surface area contributed by atoms with E-state index in [4.69, 9.17) is 0 Å². The Labute approximate surface area is 114 Å². The zero-order valence-electron chi connectivity index (χ0n) is 10.4. The van der Waals surface area contributed by atoms with Gasteiger partial charge < -0.3 is 0 Å². The summed E-state index contributed by atoms with van der Waals surface area (Å²) < 4.78 is 0. The zero-order valence-corrected chi connectivity index (χ0v) is 10.4. The maximum Gasteiger partial charge on any atom is 0.269 e. The molecule has 1 aliphatic heterocycles. The van der Waals surface area contributed by atoms with Crippen LogP contribution in [0, 0.1) is 10.1 Å². The number of hydrogen-bond donors (Lipinski definition) is 0. The van der Waals surface area contributed by atoms with Gasteiger partial charge in [-0.25, -0.2) is 0 Å². The van der Waals surface area contributed by atoms with E-state index < -0.39 is 4.92 Å². The van der Waals surface area contributed by atoms with E-state index in [1.165, 1.54) is 12.1 Å². The van der Waals surface area contributed by atoms with Gasteiger partial charge in [-0.15, -0.1) is 0 Å². The normalized spacial score (nSPS) is 16.5. The van der Waals surface area contributed by atoms with Crippen molar-refractivity contribution in [1.82, 2.24) is 0 Å². The number of para-hydroxylation sites is 1. The van der Waals surface area contributed by atoms with Crippen LogP contribution in [-0.4, -0.2) is 11.1 Å². The monoisotopic (exact) mass is 266 g/mol. The van der Waals surface area contributed by atoms with Gasteiger partial charge in [-0.2, -0.15) is 10.2 Å². The highest BCUT2D eigenvalue weighted by Gasteiger charge is 2.17. The second-order valence-electron chi connectivity index (χ2n) is 4.27. The number of aliphatic imine (C=N–C) groups is 1. The molecule has 0 radical (unpaired) electrons. The van der Waals surface area contributed by atoms with Gasteiger partial charge in [0.1, 0.15) is 6.04 Å². The Morgan fingerprint density at radius 3 is 2.60 bits per heavy atom. The first-order valence-electron chi connectivity index (χ1n) is 6.02. The first kappa shape index (κ1) is 12.2. The molecule has 1 unspecified atom stereocenters. The van der Waals surface area contributed by atoms with Gasteiger partial charge in [0.05, 0.1) is 16.3 Å². The Bertz CT molecular complexity index is 707. The number of benzene rings is 2. The van der Waals surface area contributed by atoms with Gasteiger partial charge in [0.2, 0.25) is 0 Å². The van der Waals surface area contributed by atoms with E-state index in [9.17, 15) is 10.1 Å². The molecule has 2 aromatic rings. The van der Waals surface area contributed by atoms with Crippen LogP contribution in [0.15, 0.2) is 63.8 Å². The third-order valence-electron chi connectivity index (χ3n) is 2.97. The minimum absolute atomic E-state index is 0.0386. The van der Waals surface area contributed by atoms with E-state index >= 15 is 0 Å². The second kappa shape index (κ2) is 5.00. The number of fused-ring (bicyclic) bond motifs is 1. The number of nitro benzene ring substituents is 1. The highest BCUT2D eigenvalue weighted by molar-refractivity contribution is 5.80. The van der Waals surface area contributed by atoms with E-state index in [1.807, 2.05) is 24.3 Å². The first-order chi connectivity index (χ1) is 9.74. The SMILES string of the molecule is O=[N+]([O-])c1ccc(N=NC2C=Nc3ccccc32)cc1. The van der Waals surface area contributed by atoms with Crippen molar-refractivity contribution in [2.75, 3.05) is 0 Å². The lowest BCUT2D eigenvalue weighted by molar-refractivity contribution is -0.384. The summed E-state index contributed by atoms with van der Waals surface area (Å²) in [5.41, 5.74) is 2.53. The van der Waals surface area contributed by atoms with Crippen LogP contribution in [0.5, 0.6) is 0 Å².